The molecular weight excluding hydrogens is 244 g/mol. The summed E-state index contributed by atoms with van der Waals surface area (Å²) >= 11 is 0. The number of aliphatic carboxylic acids is 1. The molecule has 19 heavy (non-hydrogen) atoms. The lowest BCUT2D eigenvalue weighted by Crippen LogP contribution is -2.38. The van der Waals surface area contributed by atoms with Gasteiger partial charge in [0.15, 0.2) is 0 Å². The van der Waals surface area contributed by atoms with Crippen LogP contribution in [-0.2, 0) is 9.59 Å². The molecule has 1 fully saturated rings. The largest absolute Gasteiger partial charge is 0.481 e. The third-order valence-corrected chi connectivity index (χ3v) is 3.49. The summed E-state index contributed by atoms with van der Waals surface area (Å²) in [5, 5.41) is 12.0. The fourth-order valence-corrected chi connectivity index (χ4v) is 2.50. The number of rotatable bonds is 5. The quantitative estimate of drug-likeness (QED) is 0.787. The lowest BCUT2D eigenvalue weighted by molar-refractivity contribution is -0.142. The molecule has 1 heterocycles. The molecular formula is C14H26N2O3. The van der Waals surface area contributed by atoms with Crippen LogP contribution in [0.15, 0.2) is 0 Å². The summed E-state index contributed by atoms with van der Waals surface area (Å²) in [6.07, 6.45) is 1.42. The number of nitrogens with one attached hydrogen (secondary N) is 1. The zero-order valence-electron chi connectivity index (χ0n) is 12.4. The molecule has 2 atom stereocenters. The summed E-state index contributed by atoms with van der Waals surface area (Å²) in [4.78, 5) is 25.3. The third-order valence-electron chi connectivity index (χ3n) is 3.49. The van der Waals surface area contributed by atoms with E-state index in [0.717, 1.165) is 19.5 Å². The summed E-state index contributed by atoms with van der Waals surface area (Å²) in [5.41, 5.74) is -0.0542. The molecule has 0 bridgehead atoms. The number of carboxylic acids is 1. The van der Waals surface area contributed by atoms with E-state index in [1.807, 2.05) is 27.8 Å². The van der Waals surface area contributed by atoms with Crippen molar-refractivity contribution in [3.63, 3.8) is 0 Å². The second kappa shape index (κ2) is 6.37. The lowest BCUT2D eigenvalue weighted by atomic mass is 9.84. The average Bonchev–Trinajstić information content (AvgIpc) is 2.68. The Hall–Kier alpha value is -1.10. The Bertz CT molecular complexity index is 336. The normalized spacial score (nSPS) is 22.2. The van der Waals surface area contributed by atoms with Crippen molar-refractivity contribution in [2.24, 2.45) is 17.3 Å². The molecule has 110 valence electrons. The number of nitrogens with zero attached hydrogens (tertiary/aromatic N) is 1. The van der Waals surface area contributed by atoms with Gasteiger partial charge in [-0.25, -0.2) is 0 Å². The van der Waals surface area contributed by atoms with E-state index in [0.29, 0.717) is 6.42 Å². The molecule has 1 aliphatic rings. The summed E-state index contributed by atoms with van der Waals surface area (Å²) in [6, 6.07) is 0. The van der Waals surface area contributed by atoms with Crippen LogP contribution in [0.25, 0.3) is 0 Å². The molecule has 5 heteroatoms. The zero-order valence-corrected chi connectivity index (χ0v) is 12.4. The van der Waals surface area contributed by atoms with Gasteiger partial charge in [0, 0.05) is 13.1 Å². The monoisotopic (exact) mass is 270 g/mol. The number of hydrogen-bond donors (Lipinski definition) is 2. The van der Waals surface area contributed by atoms with Gasteiger partial charge in [-0.1, -0.05) is 20.8 Å². The van der Waals surface area contributed by atoms with Crippen LogP contribution in [0.1, 0.15) is 33.6 Å². The van der Waals surface area contributed by atoms with Crippen molar-refractivity contribution in [2.45, 2.75) is 33.6 Å². The van der Waals surface area contributed by atoms with E-state index >= 15 is 0 Å². The Morgan fingerprint density at radius 2 is 2.05 bits per heavy atom. The SMILES string of the molecule is CN1CCC(C(=O)NCC(CC(C)(C)C)C(=O)O)C1. The average molecular weight is 270 g/mol. The molecule has 1 aliphatic heterocycles. The van der Waals surface area contributed by atoms with Crippen LogP contribution < -0.4 is 5.32 Å². The molecule has 0 aromatic heterocycles. The van der Waals surface area contributed by atoms with Gasteiger partial charge in [0.2, 0.25) is 5.91 Å². The van der Waals surface area contributed by atoms with Crippen molar-refractivity contribution in [1.29, 1.82) is 0 Å². The standard InChI is InChI=1S/C14H26N2O3/c1-14(2,3)7-11(13(18)19)8-15-12(17)10-5-6-16(4)9-10/h10-11H,5-9H2,1-4H3,(H,15,17)(H,18,19). The zero-order chi connectivity index (χ0) is 14.6. The highest BCUT2D eigenvalue weighted by atomic mass is 16.4. The van der Waals surface area contributed by atoms with Crippen molar-refractivity contribution >= 4 is 11.9 Å². The highest BCUT2D eigenvalue weighted by molar-refractivity contribution is 5.80. The fraction of sp³-hybridized carbons (Fsp3) is 0.857. The van der Waals surface area contributed by atoms with E-state index in [-0.39, 0.29) is 23.8 Å². The predicted octanol–water partition coefficient (Wildman–Crippen LogP) is 1.19. The second-order valence-electron chi connectivity index (χ2n) is 6.79. The molecule has 2 unspecified atom stereocenters. The van der Waals surface area contributed by atoms with Crippen LogP contribution in [0.5, 0.6) is 0 Å². The van der Waals surface area contributed by atoms with Crippen LogP contribution in [0.2, 0.25) is 0 Å². The Morgan fingerprint density at radius 3 is 2.47 bits per heavy atom. The first kappa shape index (κ1) is 16.0. The van der Waals surface area contributed by atoms with E-state index in [1.165, 1.54) is 0 Å². The summed E-state index contributed by atoms with van der Waals surface area (Å²) in [7, 11) is 1.99. The predicted molar refractivity (Wildman–Crippen MR) is 73.8 cm³/mol. The van der Waals surface area contributed by atoms with Crippen molar-refractivity contribution < 1.29 is 14.7 Å². The van der Waals surface area contributed by atoms with Gasteiger partial charge in [-0.3, -0.25) is 9.59 Å². The van der Waals surface area contributed by atoms with Crippen LogP contribution in [0, 0.1) is 17.3 Å². The molecule has 2 N–H and O–H groups in total. The van der Waals surface area contributed by atoms with Gasteiger partial charge < -0.3 is 15.3 Å². The minimum atomic E-state index is -0.834. The van der Waals surface area contributed by atoms with Gasteiger partial charge in [0.1, 0.15) is 0 Å². The minimum Gasteiger partial charge on any atom is -0.481 e. The Kier molecular flexibility index (Phi) is 5.35. The second-order valence-corrected chi connectivity index (χ2v) is 6.79. The van der Waals surface area contributed by atoms with E-state index in [1.54, 1.807) is 0 Å². The minimum absolute atomic E-state index is 0.00841. The maximum Gasteiger partial charge on any atom is 0.308 e. The third kappa shape index (κ3) is 5.59. The maximum atomic E-state index is 12.0. The van der Waals surface area contributed by atoms with E-state index < -0.39 is 11.9 Å². The number of hydrogen-bond acceptors (Lipinski definition) is 3. The highest BCUT2D eigenvalue weighted by Gasteiger charge is 2.29. The molecule has 0 spiro atoms. The summed E-state index contributed by atoms with van der Waals surface area (Å²) in [5.74, 6) is -1.35. The van der Waals surface area contributed by atoms with Gasteiger partial charge in [0.25, 0.3) is 0 Å². The van der Waals surface area contributed by atoms with Crippen LogP contribution >= 0.6 is 0 Å². The topological polar surface area (TPSA) is 69.6 Å². The molecule has 0 radical (unpaired) electrons. The molecule has 1 rings (SSSR count). The Morgan fingerprint density at radius 1 is 1.42 bits per heavy atom. The molecule has 1 amide bonds. The van der Waals surface area contributed by atoms with Crippen LogP contribution in [0.4, 0.5) is 0 Å². The fourth-order valence-electron chi connectivity index (χ4n) is 2.50. The van der Waals surface area contributed by atoms with E-state index in [4.69, 9.17) is 0 Å². The smallest absolute Gasteiger partial charge is 0.308 e. The number of likely N-dealkylation sites (tertiary alicyclic amines) is 1. The Balaban J connectivity index is 2.43. The maximum absolute atomic E-state index is 12.0. The van der Waals surface area contributed by atoms with Crippen molar-refractivity contribution in [1.82, 2.24) is 10.2 Å². The van der Waals surface area contributed by atoms with Gasteiger partial charge in [-0.15, -0.1) is 0 Å². The van der Waals surface area contributed by atoms with E-state index in [2.05, 4.69) is 10.2 Å². The molecule has 0 aliphatic carbocycles. The molecule has 0 aromatic carbocycles. The molecule has 5 nitrogen and oxygen atoms in total. The number of carboxylic acid groups (broad SMARTS) is 1. The van der Waals surface area contributed by atoms with Crippen LogP contribution in [-0.4, -0.2) is 48.6 Å². The lowest BCUT2D eigenvalue weighted by Gasteiger charge is -2.24. The summed E-state index contributed by atoms with van der Waals surface area (Å²) < 4.78 is 0. The first-order valence-electron chi connectivity index (χ1n) is 6.88. The first-order chi connectivity index (χ1) is 8.69. The summed E-state index contributed by atoms with van der Waals surface area (Å²) in [6.45, 7) is 7.96. The van der Waals surface area contributed by atoms with Crippen molar-refractivity contribution in [3.8, 4) is 0 Å². The molecule has 1 saturated heterocycles. The van der Waals surface area contributed by atoms with Crippen molar-refractivity contribution in [2.75, 3.05) is 26.7 Å². The number of amides is 1. The van der Waals surface area contributed by atoms with Crippen LogP contribution in [0.3, 0.4) is 0 Å². The highest BCUT2D eigenvalue weighted by Crippen LogP contribution is 2.24. The Labute approximate surface area is 115 Å². The van der Waals surface area contributed by atoms with Crippen molar-refractivity contribution in [3.05, 3.63) is 0 Å². The first-order valence-corrected chi connectivity index (χ1v) is 6.88. The van der Waals surface area contributed by atoms with Gasteiger partial charge in [-0.2, -0.15) is 0 Å². The van der Waals surface area contributed by atoms with Gasteiger partial charge in [-0.05, 0) is 31.8 Å². The molecule has 0 aromatic rings. The molecule has 0 saturated carbocycles. The number of carbonyl (C=O) groups excluding carboxylic acids is 1. The van der Waals surface area contributed by atoms with Gasteiger partial charge in [0.05, 0.1) is 11.8 Å². The number of carbonyl (C=O) groups is 2. The van der Waals surface area contributed by atoms with Gasteiger partial charge >= 0.3 is 5.97 Å². The van der Waals surface area contributed by atoms with E-state index in [9.17, 15) is 14.7 Å².